The first kappa shape index (κ1) is 16.7. The van der Waals surface area contributed by atoms with Gasteiger partial charge in [0.15, 0.2) is 11.6 Å². The first-order chi connectivity index (χ1) is 12.8. The molecule has 2 aliphatic heterocycles. The van der Waals surface area contributed by atoms with Gasteiger partial charge in [0.05, 0.1) is 0 Å². The molecule has 1 amide bonds. The number of amides is 1. The van der Waals surface area contributed by atoms with E-state index >= 15 is 0 Å². The zero-order valence-corrected chi connectivity index (χ0v) is 14.9. The third-order valence-corrected chi connectivity index (χ3v) is 5.04. The van der Waals surface area contributed by atoms with Crippen molar-refractivity contribution >= 4 is 17.5 Å². The molecule has 4 heterocycles. The average Bonchev–Trinajstić information content (AvgIpc) is 3.22. The van der Waals surface area contributed by atoms with Crippen LogP contribution in [0.5, 0.6) is 0 Å². The number of rotatable bonds is 4. The van der Waals surface area contributed by atoms with Crippen LogP contribution in [0.3, 0.4) is 0 Å². The highest BCUT2D eigenvalue weighted by Crippen LogP contribution is 2.19. The average molecular weight is 356 g/mol. The Morgan fingerprint density at radius 1 is 0.885 bits per heavy atom. The monoisotopic (exact) mass is 356 g/mol. The van der Waals surface area contributed by atoms with Gasteiger partial charge in [0.25, 0.3) is 0 Å². The van der Waals surface area contributed by atoms with Crippen molar-refractivity contribution in [2.45, 2.75) is 25.8 Å². The Kier molecular flexibility index (Phi) is 4.94. The number of carbonyl (C=O) groups is 1. The molecule has 0 atom stereocenters. The number of hydrogen-bond donors (Lipinski definition) is 0. The van der Waals surface area contributed by atoms with E-state index in [4.69, 9.17) is 0 Å². The van der Waals surface area contributed by atoms with Crippen molar-refractivity contribution in [3.05, 3.63) is 24.8 Å². The van der Waals surface area contributed by atoms with Crippen LogP contribution in [0.4, 0.5) is 11.6 Å². The molecule has 0 saturated carbocycles. The maximum Gasteiger partial charge on any atom is 0.244 e. The largest absolute Gasteiger partial charge is 0.355 e. The van der Waals surface area contributed by atoms with Crippen LogP contribution in [0.2, 0.25) is 0 Å². The second-order valence-corrected chi connectivity index (χ2v) is 6.76. The van der Waals surface area contributed by atoms with Gasteiger partial charge >= 0.3 is 0 Å². The summed E-state index contributed by atoms with van der Waals surface area (Å²) in [6.07, 6.45) is 6.77. The first-order valence-corrected chi connectivity index (χ1v) is 9.23. The molecule has 2 aliphatic rings. The van der Waals surface area contributed by atoms with Gasteiger partial charge in [-0.2, -0.15) is 5.10 Å². The summed E-state index contributed by atoms with van der Waals surface area (Å²) in [6.45, 7) is 5.28. The van der Waals surface area contributed by atoms with Gasteiger partial charge < -0.3 is 14.7 Å². The summed E-state index contributed by atoms with van der Waals surface area (Å²) in [5.41, 5.74) is 0. The van der Waals surface area contributed by atoms with Crippen molar-refractivity contribution < 1.29 is 4.79 Å². The Hall–Kier alpha value is -2.71. The van der Waals surface area contributed by atoms with E-state index in [9.17, 15) is 4.79 Å². The van der Waals surface area contributed by atoms with E-state index in [1.54, 1.807) is 11.0 Å². The molecule has 26 heavy (non-hydrogen) atoms. The van der Waals surface area contributed by atoms with Gasteiger partial charge in [0.1, 0.15) is 19.2 Å². The second kappa shape index (κ2) is 7.67. The predicted octanol–water partition coefficient (Wildman–Crippen LogP) is 0.407. The van der Waals surface area contributed by atoms with Crippen molar-refractivity contribution in [3.63, 3.8) is 0 Å². The van der Waals surface area contributed by atoms with E-state index in [2.05, 4.69) is 36.1 Å². The Morgan fingerprint density at radius 3 is 2.12 bits per heavy atom. The Balaban J connectivity index is 1.30. The fourth-order valence-corrected chi connectivity index (χ4v) is 3.52. The van der Waals surface area contributed by atoms with Crippen LogP contribution < -0.4 is 9.80 Å². The maximum atomic E-state index is 12.3. The number of carbonyl (C=O) groups excluding carboxylic acids is 1. The molecule has 2 fully saturated rings. The third kappa shape index (κ3) is 3.76. The molecule has 2 aromatic rings. The van der Waals surface area contributed by atoms with Gasteiger partial charge in [0.2, 0.25) is 5.91 Å². The lowest BCUT2D eigenvalue weighted by Crippen LogP contribution is -2.50. The minimum atomic E-state index is 0.0710. The SMILES string of the molecule is O=C(Cn1cncn1)N1CCN(c2ccc(N3CCCCC3)nn2)CC1. The van der Waals surface area contributed by atoms with E-state index in [1.807, 2.05) is 11.0 Å². The standard InChI is InChI=1S/C17H24N8O/c26-17(12-25-14-18-13-19-25)24-10-8-23(9-11-24)16-5-4-15(20-21-16)22-6-2-1-3-7-22/h4-5,13-14H,1-3,6-12H2. The molecule has 9 heteroatoms. The van der Waals surface area contributed by atoms with E-state index in [1.165, 1.54) is 25.6 Å². The molecule has 2 saturated heterocycles. The van der Waals surface area contributed by atoms with Gasteiger partial charge in [-0.15, -0.1) is 10.2 Å². The number of piperazine rings is 1. The molecule has 0 aromatic carbocycles. The lowest BCUT2D eigenvalue weighted by molar-refractivity contribution is -0.132. The van der Waals surface area contributed by atoms with Crippen molar-refractivity contribution in [1.29, 1.82) is 0 Å². The van der Waals surface area contributed by atoms with Crippen molar-refractivity contribution in [2.24, 2.45) is 0 Å². The summed E-state index contributed by atoms with van der Waals surface area (Å²) in [5, 5.41) is 12.8. The van der Waals surface area contributed by atoms with Crippen LogP contribution in [-0.2, 0) is 11.3 Å². The number of piperidine rings is 1. The number of anilines is 2. The Labute approximate surface area is 152 Å². The van der Waals surface area contributed by atoms with Gasteiger partial charge in [-0.05, 0) is 31.4 Å². The summed E-state index contributed by atoms with van der Waals surface area (Å²) in [6, 6.07) is 4.11. The summed E-state index contributed by atoms with van der Waals surface area (Å²) < 4.78 is 1.56. The minimum absolute atomic E-state index is 0.0710. The second-order valence-electron chi connectivity index (χ2n) is 6.76. The summed E-state index contributed by atoms with van der Waals surface area (Å²) in [4.78, 5) is 22.5. The van der Waals surface area contributed by atoms with Crippen LogP contribution >= 0.6 is 0 Å². The van der Waals surface area contributed by atoms with Gasteiger partial charge in [0, 0.05) is 39.3 Å². The highest BCUT2D eigenvalue weighted by Gasteiger charge is 2.22. The molecular weight excluding hydrogens is 332 g/mol. The number of hydrogen-bond acceptors (Lipinski definition) is 7. The fourth-order valence-electron chi connectivity index (χ4n) is 3.52. The zero-order chi connectivity index (χ0) is 17.8. The maximum absolute atomic E-state index is 12.3. The Morgan fingerprint density at radius 2 is 1.54 bits per heavy atom. The molecule has 0 aliphatic carbocycles. The highest BCUT2D eigenvalue weighted by molar-refractivity contribution is 5.76. The topological polar surface area (TPSA) is 83.3 Å². The van der Waals surface area contributed by atoms with E-state index < -0.39 is 0 Å². The summed E-state index contributed by atoms with van der Waals surface area (Å²) in [5.74, 6) is 1.92. The zero-order valence-electron chi connectivity index (χ0n) is 14.9. The lowest BCUT2D eigenvalue weighted by atomic mass is 10.1. The van der Waals surface area contributed by atoms with Crippen molar-refractivity contribution in [3.8, 4) is 0 Å². The van der Waals surface area contributed by atoms with Crippen molar-refractivity contribution in [1.82, 2.24) is 29.9 Å². The van der Waals surface area contributed by atoms with Crippen LogP contribution in [0.25, 0.3) is 0 Å². The predicted molar refractivity (Wildman–Crippen MR) is 96.9 cm³/mol. The molecule has 0 unspecified atom stereocenters. The van der Waals surface area contributed by atoms with E-state index in [-0.39, 0.29) is 12.5 Å². The normalized spacial score (nSPS) is 18.2. The lowest BCUT2D eigenvalue weighted by Gasteiger charge is -2.35. The van der Waals surface area contributed by atoms with Crippen LogP contribution in [0, 0.1) is 0 Å². The molecule has 4 rings (SSSR count). The molecule has 0 N–H and O–H groups in total. The quantitative estimate of drug-likeness (QED) is 0.784. The van der Waals surface area contributed by atoms with Gasteiger partial charge in [-0.25, -0.2) is 9.67 Å². The summed E-state index contributed by atoms with van der Waals surface area (Å²) >= 11 is 0. The van der Waals surface area contributed by atoms with Gasteiger partial charge in [-0.3, -0.25) is 4.79 Å². The van der Waals surface area contributed by atoms with Crippen molar-refractivity contribution in [2.75, 3.05) is 49.1 Å². The molecule has 2 aromatic heterocycles. The molecule has 0 bridgehead atoms. The number of aromatic nitrogens is 5. The van der Waals surface area contributed by atoms with Crippen LogP contribution in [0.15, 0.2) is 24.8 Å². The highest BCUT2D eigenvalue weighted by atomic mass is 16.2. The van der Waals surface area contributed by atoms with Crippen LogP contribution in [0.1, 0.15) is 19.3 Å². The van der Waals surface area contributed by atoms with Gasteiger partial charge in [-0.1, -0.05) is 0 Å². The molecule has 9 nitrogen and oxygen atoms in total. The molecule has 0 spiro atoms. The Bertz CT molecular complexity index is 703. The summed E-state index contributed by atoms with van der Waals surface area (Å²) in [7, 11) is 0. The first-order valence-electron chi connectivity index (χ1n) is 9.23. The minimum Gasteiger partial charge on any atom is -0.355 e. The third-order valence-electron chi connectivity index (χ3n) is 5.04. The smallest absolute Gasteiger partial charge is 0.244 e. The molecular formula is C17H24N8O. The number of nitrogens with zero attached hydrogens (tertiary/aromatic N) is 8. The fraction of sp³-hybridized carbons (Fsp3) is 0.588. The van der Waals surface area contributed by atoms with Crippen LogP contribution in [-0.4, -0.2) is 75.0 Å². The van der Waals surface area contributed by atoms with E-state index in [0.717, 1.165) is 37.8 Å². The molecule has 138 valence electrons. The van der Waals surface area contributed by atoms with E-state index in [0.29, 0.717) is 13.1 Å². The molecule has 0 radical (unpaired) electrons.